The summed E-state index contributed by atoms with van der Waals surface area (Å²) in [4.78, 5) is 25.3. The summed E-state index contributed by atoms with van der Waals surface area (Å²) in [5.74, 6) is 0.199. The minimum absolute atomic E-state index is 0.162. The Kier molecular flexibility index (Phi) is 10.5. The summed E-state index contributed by atoms with van der Waals surface area (Å²) in [5.41, 5.74) is 4.63. The number of amides is 2. The molecule has 1 atom stereocenters. The van der Waals surface area contributed by atoms with E-state index in [1.54, 1.807) is 36.4 Å². The zero-order valence-electron chi connectivity index (χ0n) is 20.8. The van der Waals surface area contributed by atoms with Crippen LogP contribution in [-0.4, -0.2) is 30.7 Å². The van der Waals surface area contributed by atoms with E-state index in [0.29, 0.717) is 40.9 Å². The number of rotatable bonds is 11. The molecule has 0 bridgehead atoms. The minimum atomic E-state index is -0.781. The number of benzene rings is 3. The first-order chi connectivity index (χ1) is 17.8. The maximum Gasteiger partial charge on any atom is 0.262 e. The Bertz CT molecular complexity index is 1250. The lowest BCUT2D eigenvalue weighted by Crippen LogP contribution is -2.48. The average Bonchev–Trinajstić information content (AvgIpc) is 2.87. The van der Waals surface area contributed by atoms with Gasteiger partial charge in [-0.2, -0.15) is 5.10 Å². The molecule has 2 amide bonds. The van der Waals surface area contributed by atoms with Crippen molar-refractivity contribution < 1.29 is 19.1 Å². The van der Waals surface area contributed by atoms with Crippen molar-refractivity contribution in [3.05, 3.63) is 92.9 Å². The van der Waals surface area contributed by atoms with Crippen LogP contribution in [0.5, 0.6) is 11.5 Å². The lowest BCUT2D eigenvalue weighted by molar-refractivity contribution is -0.123. The second-order valence-electron chi connectivity index (χ2n) is 8.49. The molecule has 0 heterocycles. The van der Waals surface area contributed by atoms with E-state index in [4.69, 9.17) is 21.1 Å². The average molecular weight is 587 g/mol. The van der Waals surface area contributed by atoms with Crippen molar-refractivity contribution in [2.45, 2.75) is 33.4 Å². The number of hydrogen-bond acceptors (Lipinski definition) is 5. The Balaban J connectivity index is 1.63. The predicted molar refractivity (Wildman–Crippen MR) is 149 cm³/mol. The summed E-state index contributed by atoms with van der Waals surface area (Å²) < 4.78 is 12.7. The van der Waals surface area contributed by atoms with Crippen LogP contribution >= 0.6 is 27.5 Å². The molecule has 1 unspecified atom stereocenters. The van der Waals surface area contributed by atoms with Crippen LogP contribution in [0, 0.1) is 5.92 Å². The number of hydrogen-bond donors (Lipinski definition) is 2. The van der Waals surface area contributed by atoms with Crippen molar-refractivity contribution in [2.75, 3.05) is 6.61 Å². The Morgan fingerprint density at radius 3 is 2.46 bits per heavy atom. The van der Waals surface area contributed by atoms with Gasteiger partial charge in [-0.05, 0) is 72.5 Å². The number of ether oxygens (including phenoxy) is 2. The first-order valence-electron chi connectivity index (χ1n) is 11.8. The van der Waals surface area contributed by atoms with Crippen molar-refractivity contribution in [1.29, 1.82) is 0 Å². The lowest BCUT2D eigenvalue weighted by Gasteiger charge is -2.20. The number of nitrogens with zero attached hydrogens (tertiary/aromatic N) is 1. The van der Waals surface area contributed by atoms with Crippen LogP contribution in [0.25, 0.3) is 0 Å². The molecule has 7 nitrogen and oxygen atoms in total. The third-order valence-corrected chi connectivity index (χ3v) is 6.05. The van der Waals surface area contributed by atoms with Crippen molar-refractivity contribution in [3.63, 3.8) is 0 Å². The Morgan fingerprint density at radius 1 is 1.03 bits per heavy atom. The van der Waals surface area contributed by atoms with Crippen LogP contribution in [0.4, 0.5) is 0 Å². The molecule has 3 rings (SSSR count). The quantitative estimate of drug-likeness (QED) is 0.214. The van der Waals surface area contributed by atoms with Gasteiger partial charge < -0.3 is 14.8 Å². The standard InChI is InChI=1S/C28H29BrClN3O4/c1-4-36-25-14-20(10-13-24(25)37-17-19-8-11-22(29)12-9-19)16-31-33-28(35)26(18(2)3)32-27(34)21-6-5-7-23(30)15-21/h5-16,18,26H,4,17H2,1-3H3,(H,32,34)(H,33,35). The van der Waals surface area contributed by atoms with E-state index in [2.05, 4.69) is 31.8 Å². The maximum absolute atomic E-state index is 12.8. The molecule has 9 heteroatoms. The topological polar surface area (TPSA) is 89.0 Å². The smallest absolute Gasteiger partial charge is 0.262 e. The Hall–Kier alpha value is -3.36. The van der Waals surface area contributed by atoms with Crippen molar-refractivity contribution in [2.24, 2.45) is 11.0 Å². The second-order valence-corrected chi connectivity index (χ2v) is 9.85. The molecule has 0 saturated heterocycles. The minimum Gasteiger partial charge on any atom is -0.490 e. The molecule has 0 aromatic heterocycles. The number of nitrogens with one attached hydrogen (secondary N) is 2. The fourth-order valence-corrected chi connectivity index (χ4v) is 3.82. The largest absolute Gasteiger partial charge is 0.490 e. The van der Waals surface area contributed by atoms with Crippen LogP contribution in [0.3, 0.4) is 0 Å². The van der Waals surface area contributed by atoms with Gasteiger partial charge in [0.25, 0.3) is 11.8 Å². The highest BCUT2D eigenvalue weighted by atomic mass is 79.9. The summed E-state index contributed by atoms with van der Waals surface area (Å²) in [6, 6.07) is 19.1. The van der Waals surface area contributed by atoms with E-state index in [1.165, 1.54) is 6.21 Å². The summed E-state index contributed by atoms with van der Waals surface area (Å²) in [7, 11) is 0. The van der Waals surface area contributed by atoms with Crippen LogP contribution in [0.2, 0.25) is 5.02 Å². The number of carbonyl (C=O) groups excluding carboxylic acids is 2. The molecule has 37 heavy (non-hydrogen) atoms. The molecule has 194 valence electrons. The van der Waals surface area contributed by atoms with Gasteiger partial charge in [0.1, 0.15) is 12.6 Å². The summed E-state index contributed by atoms with van der Waals surface area (Å²) in [6.45, 7) is 6.44. The van der Waals surface area contributed by atoms with Gasteiger partial charge in [0.05, 0.1) is 12.8 Å². The fourth-order valence-electron chi connectivity index (χ4n) is 3.36. The monoisotopic (exact) mass is 585 g/mol. The van der Waals surface area contributed by atoms with Gasteiger partial charge >= 0.3 is 0 Å². The van der Waals surface area contributed by atoms with Crippen LogP contribution in [-0.2, 0) is 11.4 Å². The van der Waals surface area contributed by atoms with E-state index in [1.807, 2.05) is 51.1 Å². The zero-order chi connectivity index (χ0) is 26.8. The highest BCUT2D eigenvalue weighted by molar-refractivity contribution is 9.10. The molecule has 0 fully saturated rings. The first-order valence-corrected chi connectivity index (χ1v) is 13.0. The highest BCUT2D eigenvalue weighted by Gasteiger charge is 2.24. The SMILES string of the molecule is CCOc1cc(C=NNC(=O)C(NC(=O)c2cccc(Cl)c2)C(C)C)ccc1OCc1ccc(Br)cc1. The van der Waals surface area contributed by atoms with Gasteiger partial charge in [0, 0.05) is 15.1 Å². The molecule has 0 saturated carbocycles. The summed E-state index contributed by atoms with van der Waals surface area (Å²) in [6.07, 6.45) is 1.51. The summed E-state index contributed by atoms with van der Waals surface area (Å²) >= 11 is 9.40. The molecule has 3 aromatic carbocycles. The molecule has 0 aliphatic carbocycles. The van der Waals surface area contributed by atoms with Crippen LogP contribution in [0.15, 0.2) is 76.3 Å². The van der Waals surface area contributed by atoms with E-state index < -0.39 is 11.9 Å². The van der Waals surface area contributed by atoms with E-state index in [0.717, 1.165) is 10.0 Å². The highest BCUT2D eigenvalue weighted by Crippen LogP contribution is 2.29. The molecule has 0 radical (unpaired) electrons. The third kappa shape index (κ3) is 8.61. The molecule has 3 aromatic rings. The Morgan fingerprint density at radius 2 is 1.78 bits per heavy atom. The van der Waals surface area contributed by atoms with Gasteiger partial charge in [-0.15, -0.1) is 0 Å². The maximum atomic E-state index is 12.8. The molecule has 2 N–H and O–H groups in total. The Labute approximate surface area is 230 Å². The molecule has 0 aliphatic heterocycles. The lowest BCUT2D eigenvalue weighted by atomic mass is 10.0. The molecular formula is C28H29BrClN3O4. The van der Waals surface area contributed by atoms with Gasteiger partial charge in [-0.25, -0.2) is 5.43 Å². The van der Waals surface area contributed by atoms with Crippen molar-refractivity contribution in [1.82, 2.24) is 10.7 Å². The van der Waals surface area contributed by atoms with Crippen molar-refractivity contribution >= 4 is 45.6 Å². The van der Waals surface area contributed by atoms with Gasteiger partial charge in [0.2, 0.25) is 0 Å². The normalized spacial score (nSPS) is 11.8. The van der Waals surface area contributed by atoms with Gasteiger partial charge in [-0.3, -0.25) is 9.59 Å². The van der Waals surface area contributed by atoms with Crippen LogP contribution in [0.1, 0.15) is 42.3 Å². The molecule has 0 spiro atoms. The summed E-state index contributed by atoms with van der Waals surface area (Å²) in [5, 5.41) is 7.27. The van der Waals surface area contributed by atoms with E-state index >= 15 is 0 Å². The zero-order valence-corrected chi connectivity index (χ0v) is 23.2. The predicted octanol–water partition coefficient (Wildman–Crippen LogP) is 5.98. The van der Waals surface area contributed by atoms with Crippen LogP contribution < -0.4 is 20.2 Å². The molecule has 0 aliphatic rings. The fraction of sp³-hybridized carbons (Fsp3) is 0.250. The van der Waals surface area contributed by atoms with Gasteiger partial charge in [-0.1, -0.05) is 59.6 Å². The van der Waals surface area contributed by atoms with E-state index in [9.17, 15) is 9.59 Å². The van der Waals surface area contributed by atoms with E-state index in [-0.39, 0.29) is 11.8 Å². The van der Waals surface area contributed by atoms with Crippen molar-refractivity contribution in [3.8, 4) is 11.5 Å². The second kappa shape index (κ2) is 13.8. The number of halogens is 2. The van der Waals surface area contributed by atoms with Gasteiger partial charge in [0.15, 0.2) is 11.5 Å². The third-order valence-electron chi connectivity index (χ3n) is 5.29. The number of carbonyl (C=O) groups is 2. The molecular weight excluding hydrogens is 558 g/mol. The first kappa shape index (κ1) is 28.2. The number of hydrazone groups is 1.